The minimum absolute atomic E-state index is 0.0129. The Morgan fingerprint density at radius 3 is 2.51 bits per heavy atom. The lowest BCUT2D eigenvalue weighted by molar-refractivity contribution is -0.247. The minimum Gasteiger partial charge on any atom is -0.507 e. The summed E-state index contributed by atoms with van der Waals surface area (Å²) in [5.41, 5.74) is 4.09. The average molecular weight is 670 g/mol. The zero-order valence-electron chi connectivity index (χ0n) is 26.9. The molecular formula is C35H43NO10S. The van der Waals surface area contributed by atoms with Crippen LogP contribution in [-0.2, 0) is 25.5 Å². The Hall–Kier alpha value is -3.26. The number of hydrogen-bond acceptors (Lipinski definition) is 12. The molecule has 1 saturated heterocycles. The highest BCUT2D eigenvalue weighted by atomic mass is 32.1. The maximum absolute atomic E-state index is 14.2. The molecule has 3 aliphatic rings. The van der Waals surface area contributed by atoms with Gasteiger partial charge in [0.25, 0.3) is 0 Å². The normalized spacial score (nSPS) is 26.7. The van der Waals surface area contributed by atoms with Gasteiger partial charge in [0.15, 0.2) is 17.9 Å². The van der Waals surface area contributed by atoms with Crippen molar-refractivity contribution in [1.29, 1.82) is 0 Å². The van der Waals surface area contributed by atoms with Crippen LogP contribution in [0.2, 0.25) is 0 Å². The van der Waals surface area contributed by atoms with Crippen LogP contribution < -0.4 is 10.5 Å². The number of aliphatic hydroxyl groups is 2. The van der Waals surface area contributed by atoms with Crippen LogP contribution in [0.5, 0.6) is 17.2 Å². The van der Waals surface area contributed by atoms with Gasteiger partial charge in [-0.2, -0.15) is 0 Å². The number of phenolic OH excluding ortho intramolecular Hbond substituents is 2. The third-order valence-electron chi connectivity index (χ3n) is 9.53. The van der Waals surface area contributed by atoms with Gasteiger partial charge < -0.3 is 40.4 Å². The number of hydrogen-bond donors (Lipinski definition) is 5. The highest BCUT2D eigenvalue weighted by Crippen LogP contribution is 2.52. The molecule has 0 spiro atoms. The largest absolute Gasteiger partial charge is 0.507 e. The number of rotatable bonds is 12. The van der Waals surface area contributed by atoms with Gasteiger partial charge in [0.1, 0.15) is 29.5 Å². The number of unbranched alkanes of at least 4 members (excludes halogenated alkanes) is 4. The van der Waals surface area contributed by atoms with Gasteiger partial charge in [-0.15, -0.1) is 0 Å². The fourth-order valence-corrected chi connectivity index (χ4v) is 7.13. The van der Waals surface area contributed by atoms with Crippen molar-refractivity contribution in [2.24, 2.45) is 5.73 Å². The van der Waals surface area contributed by atoms with Gasteiger partial charge in [-0.1, -0.05) is 57.0 Å². The van der Waals surface area contributed by atoms with Crippen molar-refractivity contribution in [2.45, 2.75) is 115 Å². The maximum Gasteiger partial charge on any atom is 0.201 e. The number of nitrogens with two attached hydrogens (primary N) is 1. The number of fused-ring (bicyclic) bond motifs is 3. The maximum atomic E-state index is 14.2. The number of phenols is 2. The average Bonchev–Trinajstić information content (AvgIpc) is 3.02. The number of benzene rings is 2. The number of ketones is 3. The molecule has 6 atom stereocenters. The fourth-order valence-electron chi connectivity index (χ4n) is 6.77. The molecule has 12 heteroatoms. The third-order valence-corrected chi connectivity index (χ3v) is 9.95. The van der Waals surface area contributed by atoms with E-state index in [9.17, 15) is 34.8 Å². The van der Waals surface area contributed by atoms with E-state index in [-0.39, 0.29) is 75.6 Å². The van der Waals surface area contributed by atoms with Crippen molar-refractivity contribution >= 4 is 34.4 Å². The molecule has 2 aliphatic carbocycles. The molecule has 47 heavy (non-hydrogen) atoms. The molecule has 0 bridgehead atoms. The molecule has 0 radical (unpaired) electrons. The van der Waals surface area contributed by atoms with Crippen molar-refractivity contribution in [3.63, 3.8) is 0 Å². The number of aromatic hydroxyl groups is 2. The van der Waals surface area contributed by atoms with E-state index in [4.69, 9.17) is 32.2 Å². The molecule has 2 aromatic rings. The van der Waals surface area contributed by atoms with Gasteiger partial charge in [0.2, 0.25) is 5.78 Å². The highest BCUT2D eigenvalue weighted by Gasteiger charge is 2.49. The second-order valence-corrected chi connectivity index (χ2v) is 13.3. The van der Waals surface area contributed by atoms with Gasteiger partial charge in [-0.25, -0.2) is 0 Å². The first-order chi connectivity index (χ1) is 22.3. The van der Waals surface area contributed by atoms with E-state index in [1.807, 2.05) is 0 Å². The molecule has 1 fully saturated rings. The summed E-state index contributed by atoms with van der Waals surface area (Å²) in [6.07, 6.45) is 0.907. The number of Topliss-reactive ketones (excluding diaryl/α,β-unsaturated/α-hetero) is 2. The van der Waals surface area contributed by atoms with Crippen LogP contribution in [-0.4, -0.2) is 79.4 Å². The number of carbonyl (C=O) groups is 3. The second-order valence-electron chi connectivity index (χ2n) is 12.9. The van der Waals surface area contributed by atoms with Crippen molar-refractivity contribution in [2.75, 3.05) is 6.61 Å². The number of aliphatic hydroxyl groups excluding tert-OH is 1. The van der Waals surface area contributed by atoms with Crippen molar-refractivity contribution in [3.05, 3.63) is 51.6 Å². The SMILES string of the molecule is CCCCCCCC(=O)COc1cccc2c1C(=O)c1c(O)c3c(c(O)c1C2=S)C[C@@](O)(C(C)=O)C[C@@H]3OC1CC(N)C(O)C(C)O1. The smallest absolute Gasteiger partial charge is 0.201 e. The third kappa shape index (κ3) is 6.72. The number of carbonyl (C=O) groups excluding carboxylic acids is 3. The number of ether oxygens (including phenoxy) is 3. The van der Waals surface area contributed by atoms with Crippen LogP contribution in [0.4, 0.5) is 0 Å². The van der Waals surface area contributed by atoms with Crippen LogP contribution in [0.25, 0.3) is 0 Å². The molecule has 254 valence electrons. The van der Waals surface area contributed by atoms with Crippen LogP contribution in [0.3, 0.4) is 0 Å². The Labute approximate surface area is 279 Å². The molecule has 11 nitrogen and oxygen atoms in total. The monoisotopic (exact) mass is 669 g/mol. The van der Waals surface area contributed by atoms with E-state index < -0.39 is 59.3 Å². The summed E-state index contributed by atoms with van der Waals surface area (Å²) in [7, 11) is 0. The predicted octanol–water partition coefficient (Wildman–Crippen LogP) is 3.86. The molecule has 4 unspecified atom stereocenters. The van der Waals surface area contributed by atoms with E-state index in [0.717, 1.165) is 32.1 Å². The second kappa shape index (κ2) is 14.1. The lowest BCUT2D eigenvalue weighted by Gasteiger charge is -2.42. The van der Waals surface area contributed by atoms with E-state index in [0.29, 0.717) is 6.42 Å². The topological polar surface area (TPSA) is 186 Å². The van der Waals surface area contributed by atoms with E-state index in [2.05, 4.69) is 6.92 Å². The first kappa shape index (κ1) is 35.1. The van der Waals surface area contributed by atoms with Crippen molar-refractivity contribution in [3.8, 4) is 17.2 Å². The molecule has 0 aromatic heterocycles. The Morgan fingerprint density at radius 2 is 1.83 bits per heavy atom. The summed E-state index contributed by atoms with van der Waals surface area (Å²) in [6, 6.07) is 4.07. The van der Waals surface area contributed by atoms with Gasteiger partial charge in [-0.05, 0) is 26.3 Å². The summed E-state index contributed by atoms with van der Waals surface area (Å²) >= 11 is 5.75. The first-order valence-electron chi connectivity index (χ1n) is 16.2. The van der Waals surface area contributed by atoms with Crippen LogP contribution >= 0.6 is 12.2 Å². The van der Waals surface area contributed by atoms with Gasteiger partial charge >= 0.3 is 0 Å². The Morgan fingerprint density at radius 1 is 1.11 bits per heavy atom. The van der Waals surface area contributed by atoms with Crippen molar-refractivity contribution in [1.82, 2.24) is 0 Å². The standard InChI is InChI=1S/C35H43NO10S/c1-4-5-6-7-8-10-19(38)16-44-23-12-9-11-20-26(23)32(41)28-29(34(20)47)31(40)21-14-35(43,18(3)37)15-24(27(21)33(28)42)46-25-13-22(36)30(39)17(2)45-25/h9,11-12,17,22,24-25,30,39-40,42-43H,4-8,10,13-16,36H2,1-3H3/t17?,22?,24-,25?,30?,35-/m0/s1. The molecule has 6 N–H and O–H groups in total. The fraction of sp³-hybridized carbons (Fsp3) is 0.543. The van der Waals surface area contributed by atoms with E-state index >= 15 is 0 Å². The summed E-state index contributed by atoms with van der Waals surface area (Å²) in [6.45, 7) is 4.72. The molecule has 1 aliphatic heterocycles. The van der Waals surface area contributed by atoms with Crippen molar-refractivity contribution < 1.29 is 49.0 Å². The van der Waals surface area contributed by atoms with Gasteiger partial charge in [0.05, 0.1) is 39.9 Å². The van der Waals surface area contributed by atoms with Gasteiger partial charge in [-0.3, -0.25) is 14.4 Å². The Kier molecular flexibility index (Phi) is 10.5. The van der Waals surface area contributed by atoms with E-state index in [1.165, 1.54) is 6.92 Å². The molecule has 5 rings (SSSR count). The zero-order valence-corrected chi connectivity index (χ0v) is 27.7. The zero-order chi connectivity index (χ0) is 34.2. The summed E-state index contributed by atoms with van der Waals surface area (Å²) in [5.74, 6) is -2.23. The Balaban J connectivity index is 1.51. The predicted molar refractivity (Wildman–Crippen MR) is 175 cm³/mol. The quantitative estimate of drug-likeness (QED) is 0.107. The van der Waals surface area contributed by atoms with E-state index in [1.54, 1.807) is 25.1 Å². The van der Waals surface area contributed by atoms with Gasteiger partial charge in [0, 0.05) is 48.4 Å². The summed E-state index contributed by atoms with van der Waals surface area (Å²) < 4.78 is 17.8. The minimum atomic E-state index is -1.97. The van der Waals surface area contributed by atoms with Crippen LogP contribution in [0.1, 0.15) is 116 Å². The first-order valence-corrected chi connectivity index (χ1v) is 16.6. The summed E-state index contributed by atoms with van der Waals surface area (Å²) in [5, 5.41) is 45.1. The summed E-state index contributed by atoms with van der Waals surface area (Å²) in [4.78, 5) is 39.5. The Bertz CT molecular complexity index is 1580. The molecular weight excluding hydrogens is 626 g/mol. The molecule has 1 heterocycles. The lowest BCUT2D eigenvalue weighted by atomic mass is 9.72. The molecule has 0 amide bonds. The molecule has 2 aromatic carbocycles. The highest BCUT2D eigenvalue weighted by molar-refractivity contribution is 7.81. The number of thiocarbonyl (C=S) groups is 1. The van der Waals surface area contributed by atoms with Crippen LogP contribution in [0.15, 0.2) is 18.2 Å². The lowest BCUT2D eigenvalue weighted by Crippen LogP contribution is -2.52. The molecule has 0 saturated carbocycles. The van der Waals surface area contributed by atoms with Crippen LogP contribution in [0, 0.1) is 0 Å².